The number of furan rings is 1. The van der Waals surface area contributed by atoms with Gasteiger partial charge >= 0.3 is 5.97 Å². The number of rotatable bonds is 10. The molecule has 5 aromatic heterocycles. The smallest absolute Gasteiger partial charge is 0.349 e. The predicted octanol–water partition coefficient (Wildman–Crippen LogP) is 13.2. The van der Waals surface area contributed by atoms with E-state index in [1.807, 2.05) is 60.7 Å². The first-order valence-corrected chi connectivity index (χ1v) is 23.0. The summed E-state index contributed by atoms with van der Waals surface area (Å²) in [5.41, 5.74) is 9.62. The molecule has 9 heteroatoms. The first-order chi connectivity index (χ1) is 29.9. The van der Waals surface area contributed by atoms with Crippen molar-refractivity contribution in [1.29, 1.82) is 5.26 Å². The Balaban J connectivity index is 1.11. The summed E-state index contributed by atoms with van der Waals surface area (Å²) in [5.74, 6) is 0.795. The summed E-state index contributed by atoms with van der Waals surface area (Å²) in [4.78, 5) is 20.5. The van der Waals surface area contributed by atoms with Gasteiger partial charge in [0.2, 0.25) is 0 Å². The largest absolute Gasteiger partial charge is 0.477 e. The number of fused-ring (bicyclic) bond motifs is 1. The zero-order chi connectivity index (χ0) is 43.1. The third kappa shape index (κ3) is 8.01. The Morgan fingerprint density at radius 3 is 2.11 bits per heavy atom. The van der Waals surface area contributed by atoms with Crippen molar-refractivity contribution >= 4 is 62.5 Å². The third-order valence-corrected chi connectivity index (χ3v) is 13.9. The summed E-state index contributed by atoms with van der Waals surface area (Å²) in [6.45, 7) is 11.5. The van der Waals surface area contributed by atoms with Crippen LogP contribution in [0.1, 0.15) is 50.6 Å². The average Bonchev–Trinajstić information content (AvgIpc) is 4.11. The molecule has 0 unspecified atom stereocenters. The number of thiazole rings is 1. The number of para-hydroxylation sites is 1. The van der Waals surface area contributed by atoms with Crippen LogP contribution < -0.4 is 9.20 Å². The summed E-state index contributed by atoms with van der Waals surface area (Å²) >= 11 is 4.50. The van der Waals surface area contributed by atoms with Crippen molar-refractivity contribution in [2.45, 2.75) is 46.5 Å². The Hall–Kier alpha value is -6.57. The maximum Gasteiger partial charge on any atom is 0.349 e. The molecular weight excluding hydrogens is 823 g/mol. The Morgan fingerprint density at radius 2 is 1.44 bits per heavy atom. The van der Waals surface area contributed by atoms with Crippen LogP contribution in [0.2, 0.25) is 0 Å². The van der Waals surface area contributed by atoms with E-state index in [1.54, 1.807) is 28.7 Å². The van der Waals surface area contributed by atoms with Gasteiger partial charge in [0.05, 0.1) is 31.2 Å². The number of nitriles is 1. The van der Waals surface area contributed by atoms with E-state index in [9.17, 15) is 15.2 Å². The fourth-order valence-corrected chi connectivity index (χ4v) is 10.9. The third-order valence-electron chi connectivity index (χ3n) is 10.8. The van der Waals surface area contributed by atoms with Crippen molar-refractivity contribution in [3.63, 3.8) is 0 Å². The lowest BCUT2D eigenvalue weighted by Crippen LogP contribution is -2.13. The molecule has 0 spiro atoms. The molecule has 0 bridgehead atoms. The molecule has 9 aromatic rings. The fourth-order valence-electron chi connectivity index (χ4n) is 7.88. The predicted molar refractivity (Wildman–Crippen MR) is 257 cm³/mol. The summed E-state index contributed by atoms with van der Waals surface area (Å²) in [6, 6.07) is 50.6. The summed E-state index contributed by atoms with van der Waals surface area (Å²) in [6.07, 6.45) is 3.00. The molecule has 0 amide bonds. The topological polar surface area (TPSA) is 92.0 Å². The average molecular weight is 866 g/mol. The maximum atomic E-state index is 11.8. The molecule has 306 valence electrons. The van der Waals surface area contributed by atoms with Gasteiger partial charge in [0, 0.05) is 32.0 Å². The highest BCUT2D eigenvalue weighted by Gasteiger charge is 2.25. The Morgan fingerprint density at radius 1 is 0.790 bits per heavy atom. The molecule has 0 radical (unpaired) electrons. The number of nitrogens with zero attached hydrogens (tertiary/aromatic N) is 3. The van der Waals surface area contributed by atoms with E-state index in [0.717, 1.165) is 58.8 Å². The summed E-state index contributed by atoms with van der Waals surface area (Å²) < 4.78 is 10.0. The lowest BCUT2D eigenvalue weighted by molar-refractivity contribution is -0.130. The molecule has 0 saturated heterocycles. The molecule has 0 aliphatic rings. The molecule has 1 N–H and O–H groups in total. The van der Waals surface area contributed by atoms with Gasteiger partial charge in [-0.1, -0.05) is 120 Å². The van der Waals surface area contributed by atoms with Crippen molar-refractivity contribution in [2.75, 3.05) is 0 Å². The quantitative estimate of drug-likeness (QED) is 0.148. The van der Waals surface area contributed by atoms with Gasteiger partial charge in [-0.15, -0.1) is 34.0 Å². The van der Waals surface area contributed by atoms with Gasteiger partial charge in [0.1, 0.15) is 22.3 Å². The molecule has 9 rings (SSSR count). The Bertz CT molecular complexity index is 3280. The minimum Gasteiger partial charge on any atom is -0.477 e. The standard InChI is InChI=1S/C53H43N3O3S3/c1-32(2)26-33-27-36(53(3,4)5)29-37(28-33)56-41-19-13-12-18-39(41)48(50(56)35-16-10-7-11-17-35)46-25-24-45(61-46)43-22-21-42(59-43)44-23-20-38(60-44)30-47-49(34-14-8-6-9-15-34)55-51(62-47)40(31-54)52(57)58/h6-25,27-30,32H,26H2,1-5H3,(H,57,58)/b47-30?,51-40-. The zero-order valence-corrected chi connectivity index (χ0v) is 37.4. The highest BCUT2D eigenvalue weighted by Crippen LogP contribution is 2.47. The number of hydrogen-bond donors (Lipinski definition) is 1. The van der Waals surface area contributed by atoms with Crippen molar-refractivity contribution < 1.29 is 14.3 Å². The molecule has 0 aliphatic heterocycles. The molecule has 62 heavy (non-hydrogen) atoms. The van der Waals surface area contributed by atoms with Gasteiger partial charge in [-0.3, -0.25) is 0 Å². The van der Waals surface area contributed by atoms with Gasteiger partial charge in [0.25, 0.3) is 0 Å². The molecule has 6 nitrogen and oxygen atoms in total. The number of benzene rings is 4. The minimum atomic E-state index is -1.29. The van der Waals surface area contributed by atoms with Crippen LogP contribution in [0, 0.1) is 17.2 Å². The zero-order valence-electron chi connectivity index (χ0n) is 35.0. The van der Waals surface area contributed by atoms with E-state index in [0.29, 0.717) is 11.6 Å². The normalized spacial score (nSPS) is 12.6. The molecule has 4 aromatic carbocycles. The van der Waals surface area contributed by atoms with Gasteiger partial charge in [-0.25, -0.2) is 9.78 Å². The number of aliphatic carboxylic acids is 1. The molecule has 0 aliphatic carbocycles. The Kier molecular flexibility index (Phi) is 11.0. The fraction of sp³-hybridized carbons (Fsp3) is 0.151. The van der Waals surface area contributed by atoms with E-state index in [2.05, 4.69) is 129 Å². The lowest BCUT2D eigenvalue weighted by atomic mass is 9.84. The van der Waals surface area contributed by atoms with Crippen LogP contribution in [0.5, 0.6) is 0 Å². The number of aromatic nitrogens is 2. The lowest BCUT2D eigenvalue weighted by Gasteiger charge is -2.23. The van der Waals surface area contributed by atoms with Crippen LogP contribution in [0.15, 0.2) is 144 Å². The van der Waals surface area contributed by atoms with Crippen LogP contribution >= 0.6 is 34.0 Å². The molecular formula is C53H43N3O3S3. The van der Waals surface area contributed by atoms with Crippen molar-refractivity contribution in [3.05, 3.63) is 165 Å². The molecule has 0 fully saturated rings. The van der Waals surface area contributed by atoms with Gasteiger partial charge in [-0.2, -0.15) is 5.26 Å². The van der Waals surface area contributed by atoms with Crippen LogP contribution in [-0.2, 0) is 16.6 Å². The van der Waals surface area contributed by atoms with Crippen molar-refractivity contribution in [3.8, 4) is 66.0 Å². The van der Waals surface area contributed by atoms with Gasteiger partial charge in [0.15, 0.2) is 5.57 Å². The number of carbonyl (C=O) groups is 1. The van der Waals surface area contributed by atoms with Crippen LogP contribution in [0.3, 0.4) is 0 Å². The maximum absolute atomic E-state index is 11.8. The second-order valence-corrected chi connectivity index (χ2v) is 20.0. The van der Waals surface area contributed by atoms with Gasteiger partial charge < -0.3 is 14.1 Å². The Labute approximate surface area is 372 Å². The molecule has 0 saturated carbocycles. The van der Waals surface area contributed by atoms with Crippen LogP contribution in [0.25, 0.3) is 82.5 Å². The second kappa shape index (κ2) is 16.7. The van der Waals surface area contributed by atoms with E-state index >= 15 is 0 Å². The number of thiophene rings is 2. The van der Waals surface area contributed by atoms with E-state index in [-0.39, 0.29) is 15.7 Å². The second-order valence-electron chi connectivity index (χ2n) is 16.7. The monoisotopic (exact) mass is 865 g/mol. The summed E-state index contributed by atoms with van der Waals surface area (Å²) in [7, 11) is 0. The SMILES string of the molecule is CC(C)Cc1cc(-n2c(-c3ccccc3)c(-c3ccc(-c4ccc(-c5ccc(C=c6s/c(=C(/C#N)C(=O)O)nc6-c6ccccc6)s5)o4)s3)c3ccccc32)cc(C(C)(C)C)c1. The number of carboxylic acid groups (broad SMARTS) is 1. The summed E-state index contributed by atoms with van der Waals surface area (Å²) in [5, 5.41) is 20.4. The van der Waals surface area contributed by atoms with Gasteiger partial charge in [-0.05, 0) is 95.1 Å². The van der Waals surface area contributed by atoms with Crippen LogP contribution in [-0.4, -0.2) is 20.6 Å². The van der Waals surface area contributed by atoms with Crippen molar-refractivity contribution in [2.24, 2.45) is 5.92 Å². The van der Waals surface area contributed by atoms with Crippen LogP contribution in [0.4, 0.5) is 0 Å². The van der Waals surface area contributed by atoms with E-state index in [4.69, 9.17) is 4.42 Å². The number of hydrogen-bond acceptors (Lipinski definition) is 7. The van der Waals surface area contributed by atoms with E-state index in [1.165, 1.54) is 44.6 Å². The molecule has 0 atom stereocenters. The highest BCUT2D eigenvalue weighted by atomic mass is 32.1. The first-order valence-electron chi connectivity index (χ1n) is 20.5. The van der Waals surface area contributed by atoms with E-state index < -0.39 is 5.97 Å². The van der Waals surface area contributed by atoms with Crippen molar-refractivity contribution in [1.82, 2.24) is 9.55 Å². The first kappa shape index (κ1) is 40.8. The number of carboxylic acids is 1. The molecule has 5 heterocycles. The minimum absolute atomic E-state index is 0.0171. The highest BCUT2D eigenvalue weighted by molar-refractivity contribution is 7.19.